The highest BCUT2D eigenvalue weighted by molar-refractivity contribution is 7.92. The second-order valence-electron chi connectivity index (χ2n) is 7.26. The van der Waals surface area contributed by atoms with Gasteiger partial charge in [0.15, 0.2) is 0 Å². The van der Waals surface area contributed by atoms with Gasteiger partial charge in [-0.05, 0) is 41.6 Å². The van der Waals surface area contributed by atoms with Crippen LogP contribution < -0.4 is 4.72 Å². The van der Waals surface area contributed by atoms with Gasteiger partial charge in [-0.15, -0.1) is 11.3 Å². The molecule has 6 nitrogen and oxygen atoms in total. The summed E-state index contributed by atoms with van der Waals surface area (Å²) in [4.78, 5) is 13.8. The van der Waals surface area contributed by atoms with E-state index in [-0.39, 0.29) is 11.9 Å². The number of anilines is 1. The minimum Gasteiger partial charge on any atom is -0.284 e. The first-order valence-corrected chi connectivity index (χ1v) is 12.2. The predicted octanol–water partition coefficient (Wildman–Crippen LogP) is 4.42. The molecule has 0 radical (unpaired) electrons. The van der Waals surface area contributed by atoms with Crippen molar-refractivity contribution in [2.45, 2.75) is 19.4 Å². The Labute approximate surface area is 179 Å². The fourth-order valence-electron chi connectivity index (χ4n) is 3.41. The van der Waals surface area contributed by atoms with Crippen molar-refractivity contribution in [3.05, 3.63) is 87.6 Å². The molecule has 30 heavy (non-hydrogen) atoms. The van der Waals surface area contributed by atoms with Crippen LogP contribution in [0.2, 0.25) is 0 Å². The summed E-state index contributed by atoms with van der Waals surface area (Å²) < 4.78 is 25.6. The largest absolute Gasteiger partial charge is 0.284 e. The van der Waals surface area contributed by atoms with Gasteiger partial charge in [0.05, 0.1) is 22.9 Å². The van der Waals surface area contributed by atoms with Gasteiger partial charge in [0.25, 0.3) is 5.91 Å². The summed E-state index contributed by atoms with van der Waals surface area (Å²) in [5.41, 5.74) is 4.14. The van der Waals surface area contributed by atoms with Gasteiger partial charge in [-0.1, -0.05) is 48.0 Å². The van der Waals surface area contributed by atoms with Gasteiger partial charge in [0, 0.05) is 12.1 Å². The molecule has 1 N–H and O–H groups in total. The zero-order valence-corrected chi connectivity index (χ0v) is 18.2. The van der Waals surface area contributed by atoms with E-state index in [1.807, 2.05) is 48.7 Å². The van der Waals surface area contributed by atoms with E-state index >= 15 is 0 Å². The number of hydrazone groups is 1. The number of aryl methyl sites for hydroxylation is 1. The van der Waals surface area contributed by atoms with Crippen molar-refractivity contribution < 1.29 is 13.2 Å². The van der Waals surface area contributed by atoms with Crippen LogP contribution in [0.3, 0.4) is 0 Å². The van der Waals surface area contributed by atoms with Crippen LogP contribution in [0.1, 0.15) is 38.8 Å². The molecule has 1 aliphatic heterocycles. The molecule has 0 bridgehead atoms. The Kier molecular flexibility index (Phi) is 5.44. The number of rotatable bonds is 5. The molecule has 0 spiro atoms. The second-order valence-corrected chi connectivity index (χ2v) is 9.96. The standard InChI is InChI=1S/C22H21N3O3S2/c1-15-8-10-16(11-9-15)20-14-19(23-25(20)22(26)21-7-4-12-29-21)17-5-3-6-18(13-17)24-30(2,27)28/h3-13,20,24H,14H2,1-2H3. The average molecular weight is 440 g/mol. The number of amides is 1. The van der Waals surface area contributed by atoms with E-state index in [1.165, 1.54) is 11.3 Å². The number of carbonyl (C=O) groups is 1. The lowest BCUT2D eigenvalue weighted by Gasteiger charge is -2.21. The van der Waals surface area contributed by atoms with Crippen molar-refractivity contribution in [2.24, 2.45) is 5.10 Å². The van der Waals surface area contributed by atoms with Gasteiger partial charge in [-0.25, -0.2) is 13.4 Å². The van der Waals surface area contributed by atoms with Gasteiger partial charge in [-0.2, -0.15) is 5.10 Å². The maximum atomic E-state index is 13.1. The summed E-state index contributed by atoms with van der Waals surface area (Å²) >= 11 is 1.39. The lowest BCUT2D eigenvalue weighted by Crippen LogP contribution is -2.26. The zero-order valence-electron chi connectivity index (χ0n) is 16.6. The molecular formula is C22H21N3O3S2. The number of nitrogens with zero attached hydrogens (tertiary/aromatic N) is 2. The Morgan fingerprint density at radius 1 is 1.13 bits per heavy atom. The fourth-order valence-corrected chi connectivity index (χ4v) is 4.62. The molecule has 1 aliphatic rings. The smallest absolute Gasteiger partial charge is 0.284 e. The van der Waals surface area contributed by atoms with Crippen LogP contribution in [0.15, 0.2) is 71.1 Å². The third-order valence-corrected chi connectivity index (χ3v) is 6.28. The van der Waals surface area contributed by atoms with E-state index in [0.717, 1.165) is 28.7 Å². The van der Waals surface area contributed by atoms with Crippen LogP contribution >= 0.6 is 11.3 Å². The maximum absolute atomic E-state index is 13.1. The number of thiophene rings is 1. The molecule has 1 atom stereocenters. The molecule has 1 amide bonds. The molecule has 0 saturated carbocycles. The highest BCUT2D eigenvalue weighted by atomic mass is 32.2. The first-order chi connectivity index (χ1) is 14.3. The van der Waals surface area contributed by atoms with Crippen molar-refractivity contribution >= 4 is 38.7 Å². The summed E-state index contributed by atoms with van der Waals surface area (Å²) in [7, 11) is -3.38. The summed E-state index contributed by atoms with van der Waals surface area (Å²) in [5, 5.41) is 8.08. The predicted molar refractivity (Wildman–Crippen MR) is 120 cm³/mol. The second kappa shape index (κ2) is 8.04. The number of hydrogen-bond acceptors (Lipinski definition) is 5. The summed E-state index contributed by atoms with van der Waals surface area (Å²) in [6.45, 7) is 2.02. The Balaban J connectivity index is 1.70. The van der Waals surface area contributed by atoms with E-state index in [2.05, 4.69) is 9.82 Å². The molecule has 0 saturated heterocycles. The van der Waals surface area contributed by atoms with Crippen molar-refractivity contribution in [1.82, 2.24) is 5.01 Å². The third-order valence-electron chi connectivity index (χ3n) is 4.81. The molecule has 2 heterocycles. The van der Waals surface area contributed by atoms with E-state index < -0.39 is 10.0 Å². The number of sulfonamides is 1. The zero-order chi connectivity index (χ0) is 21.3. The maximum Gasteiger partial charge on any atom is 0.284 e. The van der Waals surface area contributed by atoms with E-state index in [4.69, 9.17) is 0 Å². The number of carbonyl (C=O) groups excluding carboxylic acids is 1. The number of hydrogen-bond donors (Lipinski definition) is 1. The first-order valence-electron chi connectivity index (χ1n) is 9.39. The van der Waals surface area contributed by atoms with Crippen LogP contribution in [0, 0.1) is 6.92 Å². The van der Waals surface area contributed by atoms with Crippen LogP contribution in [-0.4, -0.2) is 31.3 Å². The highest BCUT2D eigenvalue weighted by Gasteiger charge is 2.34. The molecule has 1 unspecified atom stereocenters. The van der Waals surface area contributed by atoms with Gasteiger partial charge in [0.2, 0.25) is 10.0 Å². The van der Waals surface area contributed by atoms with Gasteiger partial charge in [0.1, 0.15) is 0 Å². The normalized spacial score (nSPS) is 16.4. The molecule has 154 valence electrons. The minimum absolute atomic E-state index is 0.143. The van der Waals surface area contributed by atoms with Gasteiger partial charge < -0.3 is 0 Å². The van der Waals surface area contributed by atoms with Crippen molar-refractivity contribution in [1.29, 1.82) is 0 Å². The monoisotopic (exact) mass is 439 g/mol. The first kappa shape index (κ1) is 20.3. The highest BCUT2D eigenvalue weighted by Crippen LogP contribution is 2.35. The molecule has 1 aromatic heterocycles. The Bertz CT molecular complexity index is 1200. The van der Waals surface area contributed by atoms with Crippen LogP contribution in [0.4, 0.5) is 5.69 Å². The molecule has 8 heteroatoms. The SMILES string of the molecule is Cc1ccc(C2CC(c3cccc(NS(C)(=O)=O)c3)=NN2C(=O)c2cccs2)cc1. The summed E-state index contributed by atoms with van der Waals surface area (Å²) in [6, 6.07) is 18.6. The van der Waals surface area contributed by atoms with E-state index in [1.54, 1.807) is 29.3 Å². The molecule has 4 rings (SSSR count). The summed E-state index contributed by atoms with van der Waals surface area (Å²) in [6.07, 6.45) is 1.66. The Morgan fingerprint density at radius 3 is 2.57 bits per heavy atom. The fraction of sp³-hybridized carbons (Fsp3) is 0.182. The lowest BCUT2D eigenvalue weighted by molar-refractivity contribution is 0.0716. The van der Waals surface area contributed by atoms with Crippen LogP contribution in [-0.2, 0) is 10.0 Å². The Morgan fingerprint density at radius 2 is 1.90 bits per heavy atom. The van der Waals surface area contributed by atoms with Crippen molar-refractivity contribution in [3.8, 4) is 0 Å². The van der Waals surface area contributed by atoms with Gasteiger partial charge in [-0.3, -0.25) is 9.52 Å². The molecule has 2 aromatic carbocycles. The van der Waals surface area contributed by atoms with Gasteiger partial charge >= 0.3 is 0 Å². The topological polar surface area (TPSA) is 78.8 Å². The Hall–Kier alpha value is -2.97. The number of nitrogens with one attached hydrogen (secondary N) is 1. The lowest BCUT2D eigenvalue weighted by atomic mass is 9.97. The quantitative estimate of drug-likeness (QED) is 0.639. The van der Waals surface area contributed by atoms with E-state index in [0.29, 0.717) is 17.0 Å². The summed E-state index contributed by atoms with van der Waals surface area (Å²) in [5.74, 6) is -0.143. The molecule has 3 aromatic rings. The van der Waals surface area contributed by atoms with Crippen LogP contribution in [0.5, 0.6) is 0 Å². The van der Waals surface area contributed by atoms with Crippen molar-refractivity contribution in [2.75, 3.05) is 11.0 Å². The molecule has 0 aliphatic carbocycles. The van der Waals surface area contributed by atoms with Crippen LogP contribution in [0.25, 0.3) is 0 Å². The average Bonchev–Trinajstić information content (AvgIpc) is 3.37. The molecule has 0 fully saturated rings. The third kappa shape index (κ3) is 4.44. The minimum atomic E-state index is -3.38. The molecular weight excluding hydrogens is 418 g/mol. The van der Waals surface area contributed by atoms with Crippen molar-refractivity contribution in [3.63, 3.8) is 0 Å². The number of benzene rings is 2. The van der Waals surface area contributed by atoms with E-state index in [9.17, 15) is 13.2 Å².